The Balaban J connectivity index is 2.02. The molecule has 2 atom stereocenters. The van der Waals surface area contributed by atoms with E-state index >= 15 is 0 Å². The van der Waals surface area contributed by atoms with Gasteiger partial charge in [0.2, 0.25) is 0 Å². The molecule has 0 radical (unpaired) electrons. The number of hydrogen-bond donors (Lipinski definition) is 3. The van der Waals surface area contributed by atoms with Crippen molar-refractivity contribution in [2.45, 2.75) is 25.4 Å². The van der Waals surface area contributed by atoms with E-state index in [1.165, 1.54) is 12.1 Å². The molecule has 19 heavy (non-hydrogen) atoms. The van der Waals surface area contributed by atoms with E-state index in [0.29, 0.717) is 11.6 Å². The monoisotopic (exact) mass is 265 g/mol. The third-order valence-corrected chi connectivity index (χ3v) is 3.53. The average molecular weight is 265 g/mol. The van der Waals surface area contributed by atoms with Crippen LogP contribution in [0.25, 0.3) is 0 Å². The summed E-state index contributed by atoms with van der Waals surface area (Å²) in [6.07, 6.45) is 2.47. The van der Waals surface area contributed by atoms with Crippen LogP contribution in [0.1, 0.15) is 19.3 Å². The van der Waals surface area contributed by atoms with Gasteiger partial charge < -0.3 is 15.7 Å². The van der Waals surface area contributed by atoms with Gasteiger partial charge in [0.1, 0.15) is 0 Å². The van der Waals surface area contributed by atoms with Crippen molar-refractivity contribution >= 4 is 17.1 Å². The largest absolute Gasteiger partial charge is 0.393 e. The van der Waals surface area contributed by atoms with Gasteiger partial charge in [-0.2, -0.15) is 0 Å². The number of nitrogens with one attached hydrogen (secondary N) is 2. The lowest BCUT2D eigenvalue weighted by Crippen LogP contribution is -2.12. The Labute approximate surface area is 112 Å². The summed E-state index contributed by atoms with van der Waals surface area (Å²) in [5.41, 5.74) is 1.52. The molecule has 3 N–H and O–H groups in total. The molecule has 0 aliphatic heterocycles. The van der Waals surface area contributed by atoms with Gasteiger partial charge in [-0.15, -0.1) is 0 Å². The van der Waals surface area contributed by atoms with Crippen molar-refractivity contribution in [2.24, 2.45) is 5.92 Å². The molecule has 0 saturated heterocycles. The summed E-state index contributed by atoms with van der Waals surface area (Å²) in [6, 6.07) is 4.88. The first-order valence-corrected chi connectivity index (χ1v) is 6.47. The van der Waals surface area contributed by atoms with Crippen molar-refractivity contribution in [3.05, 3.63) is 28.3 Å². The molecule has 2 rings (SSSR count). The van der Waals surface area contributed by atoms with Gasteiger partial charge in [0, 0.05) is 37.1 Å². The van der Waals surface area contributed by atoms with E-state index in [-0.39, 0.29) is 11.8 Å². The highest BCUT2D eigenvalue weighted by Gasteiger charge is 2.22. The Hall–Kier alpha value is -1.82. The van der Waals surface area contributed by atoms with E-state index in [0.717, 1.165) is 31.5 Å². The van der Waals surface area contributed by atoms with Crippen molar-refractivity contribution in [1.29, 1.82) is 0 Å². The first-order valence-electron chi connectivity index (χ1n) is 6.47. The lowest BCUT2D eigenvalue weighted by Gasteiger charge is -2.13. The van der Waals surface area contributed by atoms with Crippen LogP contribution in [0, 0.1) is 16.0 Å². The van der Waals surface area contributed by atoms with Gasteiger partial charge in [0.15, 0.2) is 0 Å². The number of benzene rings is 1. The first-order chi connectivity index (χ1) is 9.08. The number of non-ortho nitro benzene ring substituents is 1. The SMILES string of the molecule is CNc1cc(NCC2CCC(O)C2)cc([N+](=O)[O-])c1. The summed E-state index contributed by atoms with van der Waals surface area (Å²) in [6.45, 7) is 0.737. The van der Waals surface area contributed by atoms with E-state index in [1.807, 2.05) is 6.07 Å². The molecule has 6 nitrogen and oxygen atoms in total. The van der Waals surface area contributed by atoms with E-state index in [9.17, 15) is 15.2 Å². The minimum atomic E-state index is -0.397. The second-order valence-electron chi connectivity index (χ2n) is 4.99. The van der Waals surface area contributed by atoms with Gasteiger partial charge >= 0.3 is 0 Å². The number of hydrogen-bond acceptors (Lipinski definition) is 5. The summed E-state index contributed by atoms with van der Waals surface area (Å²) >= 11 is 0. The highest BCUT2D eigenvalue weighted by atomic mass is 16.6. The molecule has 0 amide bonds. The van der Waals surface area contributed by atoms with Gasteiger partial charge in [-0.3, -0.25) is 10.1 Å². The van der Waals surface area contributed by atoms with Crippen LogP contribution in [0.2, 0.25) is 0 Å². The Bertz CT molecular complexity index is 464. The molecule has 0 aromatic heterocycles. The maximum absolute atomic E-state index is 10.8. The van der Waals surface area contributed by atoms with Gasteiger partial charge in [-0.05, 0) is 31.2 Å². The van der Waals surface area contributed by atoms with Gasteiger partial charge in [0.05, 0.1) is 11.0 Å². The third-order valence-electron chi connectivity index (χ3n) is 3.53. The maximum Gasteiger partial charge on any atom is 0.273 e. The Kier molecular flexibility index (Phi) is 4.21. The van der Waals surface area contributed by atoms with Crippen molar-refractivity contribution in [2.75, 3.05) is 24.2 Å². The zero-order valence-electron chi connectivity index (χ0n) is 10.9. The number of rotatable bonds is 5. The highest BCUT2D eigenvalue weighted by Crippen LogP contribution is 2.28. The Morgan fingerprint density at radius 2 is 2.11 bits per heavy atom. The number of nitro groups is 1. The van der Waals surface area contributed by atoms with E-state index in [1.54, 1.807) is 7.05 Å². The van der Waals surface area contributed by atoms with E-state index in [2.05, 4.69) is 10.6 Å². The van der Waals surface area contributed by atoms with E-state index < -0.39 is 4.92 Å². The lowest BCUT2D eigenvalue weighted by atomic mass is 10.1. The van der Waals surface area contributed by atoms with Crippen LogP contribution in [0.5, 0.6) is 0 Å². The summed E-state index contributed by atoms with van der Waals surface area (Å²) in [5, 5.41) is 26.4. The molecule has 0 spiro atoms. The molecule has 0 bridgehead atoms. The quantitative estimate of drug-likeness (QED) is 0.561. The lowest BCUT2D eigenvalue weighted by molar-refractivity contribution is -0.384. The predicted molar refractivity (Wildman–Crippen MR) is 74.5 cm³/mol. The smallest absolute Gasteiger partial charge is 0.273 e. The van der Waals surface area contributed by atoms with Crippen LogP contribution in [0.3, 0.4) is 0 Å². The highest BCUT2D eigenvalue weighted by molar-refractivity contribution is 5.63. The van der Waals surface area contributed by atoms with Crippen molar-refractivity contribution in [1.82, 2.24) is 0 Å². The van der Waals surface area contributed by atoms with E-state index in [4.69, 9.17) is 0 Å². The fraction of sp³-hybridized carbons (Fsp3) is 0.538. The van der Waals surface area contributed by atoms with Crippen LogP contribution in [0.4, 0.5) is 17.1 Å². The molecule has 1 aliphatic carbocycles. The fourth-order valence-corrected chi connectivity index (χ4v) is 2.46. The zero-order valence-corrected chi connectivity index (χ0v) is 10.9. The minimum Gasteiger partial charge on any atom is -0.393 e. The van der Waals surface area contributed by atoms with Gasteiger partial charge in [-0.25, -0.2) is 0 Å². The fourth-order valence-electron chi connectivity index (χ4n) is 2.46. The van der Waals surface area contributed by atoms with Crippen LogP contribution >= 0.6 is 0 Å². The van der Waals surface area contributed by atoms with Crippen LogP contribution < -0.4 is 10.6 Å². The predicted octanol–water partition coefficient (Wildman–Crippen LogP) is 2.21. The van der Waals surface area contributed by atoms with Crippen LogP contribution in [-0.4, -0.2) is 29.7 Å². The van der Waals surface area contributed by atoms with Gasteiger partial charge in [0.25, 0.3) is 5.69 Å². The molecule has 1 saturated carbocycles. The Morgan fingerprint density at radius 1 is 1.37 bits per heavy atom. The molecule has 6 heteroatoms. The maximum atomic E-state index is 10.8. The number of aliphatic hydroxyl groups excluding tert-OH is 1. The Morgan fingerprint density at radius 3 is 2.68 bits per heavy atom. The zero-order chi connectivity index (χ0) is 13.8. The number of nitro benzene ring substituents is 1. The van der Waals surface area contributed by atoms with Crippen LogP contribution in [0.15, 0.2) is 18.2 Å². The third kappa shape index (κ3) is 3.57. The molecule has 104 valence electrons. The summed E-state index contributed by atoms with van der Waals surface area (Å²) < 4.78 is 0. The van der Waals surface area contributed by atoms with Crippen LogP contribution in [-0.2, 0) is 0 Å². The molecule has 1 aliphatic rings. The topological polar surface area (TPSA) is 87.4 Å². The van der Waals surface area contributed by atoms with Crippen molar-refractivity contribution in [3.63, 3.8) is 0 Å². The van der Waals surface area contributed by atoms with Crippen molar-refractivity contribution < 1.29 is 10.0 Å². The average Bonchev–Trinajstić information content (AvgIpc) is 2.81. The second-order valence-corrected chi connectivity index (χ2v) is 4.99. The molecule has 1 aromatic rings. The molecular weight excluding hydrogens is 246 g/mol. The normalized spacial score (nSPS) is 22.2. The molecule has 1 fully saturated rings. The standard InChI is InChI=1S/C13H19N3O3/c1-14-10-5-11(7-12(6-10)16(18)19)15-8-9-2-3-13(17)4-9/h5-7,9,13-15,17H,2-4,8H2,1H3. The summed E-state index contributed by atoms with van der Waals surface area (Å²) in [7, 11) is 1.73. The number of aliphatic hydroxyl groups is 1. The second kappa shape index (κ2) is 5.88. The molecule has 2 unspecified atom stereocenters. The van der Waals surface area contributed by atoms with Gasteiger partial charge in [-0.1, -0.05) is 0 Å². The summed E-state index contributed by atoms with van der Waals surface area (Å²) in [4.78, 5) is 10.4. The molecular formula is C13H19N3O3. The minimum absolute atomic E-state index is 0.0702. The number of anilines is 2. The molecule has 0 heterocycles. The summed E-state index contributed by atoms with van der Waals surface area (Å²) in [5.74, 6) is 0.437. The first kappa shape index (κ1) is 13.6. The number of nitrogens with zero attached hydrogens (tertiary/aromatic N) is 1. The van der Waals surface area contributed by atoms with Crippen molar-refractivity contribution in [3.8, 4) is 0 Å². The molecule has 1 aromatic carbocycles.